The molecule has 0 saturated carbocycles. The number of aryl methyl sites for hydroxylation is 4. The maximum absolute atomic E-state index is 7.65. The summed E-state index contributed by atoms with van der Waals surface area (Å²) in [6, 6.07) is 15.9. The fraction of sp³-hybridized carbons (Fsp3) is 0.267. The molecule has 0 aliphatic heterocycles. The van der Waals surface area contributed by atoms with Gasteiger partial charge in [-0.15, -0.1) is 0 Å². The molecule has 0 aliphatic carbocycles. The third kappa shape index (κ3) is 2.58. The van der Waals surface area contributed by atoms with E-state index in [9.17, 15) is 0 Å². The molecule has 0 fully saturated rings. The van der Waals surface area contributed by atoms with Gasteiger partial charge in [0.05, 0.1) is 33.7 Å². The van der Waals surface area contributed by atoms with Crippen LogP contribution in [0.2, 0.25) is 0 Å². The van der Waals surface area contributed by atoms with Crippen molar-refractivity contribution in [1.29, 1.82) is 0 Å². The van der Waals surface area contributed by atoms with Gasteiger partial charge < -0.3 is 9.25 Å². The molecule has 0 radical (unpaired) electrons. The Bertz CT molecular complexity index is 1810. The number of fused-ring (bicyclic) bond motifs is 5. The van der Waals surface area contributed by atoms with Crippen LogP contribution >= 0.6 is 0 Å². The molecule has 0 spiro atoms. The first-order chi connectivity index (χ1) is 15.7. The zero-order chi connectivity index (χ0) is 23.2. The van der Waals surface area contributed by atoms with Gasteiger partial charge in [0.25, 0.3) is 0 Å². The van der Waals surface area contributed by atoms with Crippen LogP contribution in [0.1, 0.15) is 36.1 Å². The lowest BCUT2D eigenvalue weighted by molar-refractivity contribution is -0.643. The third-order valence-corrected chi connectivity index (χ3v) is 7.49. The summed E-state index contributed by atoms with van der Waals surface area (Å²) in [5.41, 5.74) is 9.87. The van der Waals surface area contributed by atoms with Crippen molar-refractivity contribution in [3.8, 4) is 0 Å². The minimum absolute atomic E-state index is 0.424. The number of para-hydroxylation sites is 1. The quantitative estimate of drug-likeness (QED) is 0.122. The Morgan fingerprint density at radius 3 is 2.48 bits per heavy atom. The van der Waals surface area contributed by atoms with Gasteiger partial charge in [-0.05, 0) is 60.5 Å². The Hall–Kier alpha value is -3.64. The first-order valence-corrected chi connectivity index (χ1v) is 11.6. The summed E-state index contributed by atoms with van der Waals surface area (Å²) in [5.74, 6) is 0. The largest absolute Gasteiger partial charge is 0.311 e. The number of rotatable bonds is 2. The van der Waals surface area contributed by atoms with Gasteiger partial charge in [0, 0.05) is 30.7 Å². The molecule has 0 unspecified atom stereocenters. The number of nitrogens with zero attached hydrogens (tertiary/aromatic N) is 3. The van der Waals surface area contributed by atoms with E-state index in [1.54, 1.807) is 0 Å². The van der Waals surface area contributed by atoms with Gasteiger partial charge in [-0.2, -0.15) is 0 Å². The summed E-state index contributed by atoms with van der Waals surface area (Å²) in [4.78, 5) is 3.89. The Labute approximate surface area is 194 Å². The molecule has 0 saturated heterocycles. The normalized spacial score (nSPS) is 12.6. The molecule has 3 heterocycles. The van der Waals surface area contributed by atoms with Crippen LogP contribution in [0.5, 0.6) is 0 Å². The Morgan fingerprint density at radius 2 is 1.73 bits per heavy atom. The number of pyridine rings is 2. The second-order valence-electron chi connectivity index (χ2n) is 10.4. The molecular formula is C30H28N3+. The summed E-state index contributed by atoms with van der Waals surface area (Å²) in [7, 11) is 2.16. The van der Waals surface area contributed by atoms with Crippen molar-refractivity contribution in [3.05, 3.63) is 82.3 Å². The van der Waals surface area contributed by atoms with Crippen LogP contribution in [0, 0.1) is 27.3 Å². The Balaban J connectivity index is 1.98. The third-order valence-electron chi connectivity index (χ3n) is 7.49. The second-order valence-corrected chi connectivity index (χ2v) is 10.4. The van der Waals surface area contributed by atoms with E-state index < -0.39 is 5.54 Å². The maximum Gasteiger partial charge on any atom is 0.231 e. The lowest BCUT2D eigenvalue weighted by atomic mass is 9.92. The van der Waals surface area contributed by atoms with Gasteiger partial charge in [-0.25, -0.2) is 11.1 Å². The molecule has 3 nitrogen and oxygen atoms in total. The van der Waals surface area contributed by atoms with Crippen molar-refractivity contribution in [3.63, 3.8) is 0 Å². The molecule has 6 rings (SSSR count). The van der Waals surface area contributed by atoms with Gasteiger partial charge in [-0.3, -0.25) is 0 Å². The first kappa shape index (κ1) is 20.0. The minimum Gasteiger partial charge on any atom is -0.311 e. The molecule has 3 aromatic heterocycles. The zero-order valence-corrected chi connectivity index (χ0v) is 20.2. The lowest BCUT2D eigenvalue weighted by Gasteiger charge is -2.17. The van der Waals surface area contributed by atoms with E-state index >= 15 is 0 Å². The molecule has 0 aliphatic rings. The van der Waals surface area contributed by atoms with E-state index in [1.807, 2.05) is 13.8 Å². The predicted molar refractivity (Wildman–Crippen MR) is 138 cm³/mol. The van der Waals surface area contributed by atoms with E-state index in [4.69, 9.17) is 6.57 Å². The van der Waals surface area contributed by atoms with E-state index in [1.165, 1.54) is 71.3 Å². The van der Waals surface area contributed by atoms with Gasteiger partial charge in [-0.1, -0.05) is 24.3 Å². The average Bonchev–Trinajstić information content (AvgIpc) is 3.10. The summed E-state index contributed by atoms with van der Waals surface area (Å²) in [6.45, 7) is 18.4. The molecule has 6 aromatic rings. The van der Waals surface area contributed by atoms with Gasteiger partial charge in [0.2, 0.25) is 11.1 Å². The summed E-state index contributed by atoms with van der Waals surface area (Å²) < 4.78 is 4.79. The van der Waals surface area contributed by atoms with Crippen LogP contribution in [0.25, 0.3) is 53.8 Å². The fourth-order valence-electron chi connectivity index (χ4n) is 5.82. The summed E-state index contributed by atoms with van der Waals surface area (Å²) in [5, 5.41) is 6.51. The smallest absolute Gasteiger partial charge is 0.231 e. The minimum atomic E-state index is -0.424. The number of aromatic nitrogens is 2. The maximum atomic E-state index is 7.65. The molecule has 0 atom stereocenters. The molecule has 33 heavy (non-hydrogen) atoms. The van der Waals surface area contributed by atoms with Crippen LogP contribution in [0.4, 0.5) is 0 Å². The number of hydrogen-bond acceptors (Lipinski definition) is 0. The molecule has 0 bridgehead atoms. The molecule has 3 heteroatoms. The molecule has 3 aromatic carbocycles. The van der Waals surface area contributed by atoms with Crippen molar-refractivity contribution in [1.82, 2.24) is 4.40 Å². The van der Waals surface area contributed by atoms with Crippen LogP contribution in [-0.2, 0) is 13.5 Å². The van der Waals surface area contributed by atoms with E-state index in [-0.39, 0.29) is 0 Å². The second kappa shape index (κ2) is 6.45. The molecule has 0 amide bonds. The van der Waals surface area contributed by atoms with Crippen molar-refractivity contribution in [2.24, 2.45) is 7.05 Å². The monoisotopic (exact) mass is 430 g/mol. The van der Waals surface area contributed by atoms with E-state index in [2.05, 4.69) is 90.3 Å². The first-order valence-electron chi connectivity index (χ1n) is 11.6. The Morgan fingerprint density at radius 1 is 0.939 bits per heavy atom. The SMILES string of the molecule is [C-]#[N+]C(C)(C)Cc1cc2cc[n+](C)c3c4c(C)c(C)cc5c6cccc(C)c6n(c(c1)c23)c54. The number of benzene rings is 3. The van der Waals surface area contributed by atoms with E-state index in [0.717, 1.165) is 6.42 Å². The lowest BCUT2D eigenvalue weighted by Crippen LogP contribution is -2.29. The molecule has 162 valence electrons. The van der Waals surface area contributed by atoms with Crippen molar-refractivity contribution < 1.29 is 4.57 Å². The highest BCUT2D eigenvalue weighted by Crippen LogP contribution is 2.42. The van der Waals surface area contributed by atoms with Crippen LogP contribution in [0.15, 0.2) is 48.7 Å². The highest BCUT2D eigenvalue weighted by molar-refractivity contribution is 6.26. The number of hydrogen-bond donors (Lipinski definition) is 0. The average molecular weight is 431 g/mol. The fourth-order valence-corrected chi connectivity index (χ4v) is 5.82. The van der Waals surface area contributed by atoms with E-state index in [0.29, 0.717) is 0 Å². The Kier molecular flexibility index (Phi) is 3.91. The van der Waals surface area contributed by atoms with Crippen LogP contribution in [0.3, 0.4) is 0 Å². The van der Waals surface area contributed by atoms with Gasteiger partial charge in [0.1, 0.15) is 7.05 Å². The zero-order valence-electron chi connectivity index (χ0n) is 20.2. The van der Waals surface area contributed by atoms with Gasteiger partial charge >= 0.3 is 0 Å². The topological polar surface area (TPSA) is 12.7 Å². The van der Waals surface area contributed by atoms with Crippen LogP contribution < -0.4 is 4.57 Å². The van der Waals surface area contributed by atoms with Crippen molar-refractivity contribution in [2.45, 2.75) is 46.6 Å². The molecular weight excluding hydrogens is 402 g/mol. The standard InChI is InChI=1S/C30H28N3/c1-17-9-8-10-22-23-13-18(2)19(3)25-28(23)33(27(17)22)24-15-20(16-30(4,5)31-6)14-21-11-12-32(7)29(25)26(21)24/h8-15H,16H2,1-5,7H3/q+1. The van der Waals surface area contributed by atoms with Gasteiger partial charge in [0.15, 0.2) is 6.20 Å². The van der Waals surface area contributed by atoms with Crippen molar-refractivity contribution >= 4 is 49.0 Å². The van der Waals surface area contributed by atoms with Crippen LogP contribution in [-0.4, -0.2) is 9.94 Å². The van der Waals surface area contributed by atoms with Crippen molar-refractivity contribution in [2.75, 3.05) is 0 Å². The summed E-state index contributed by atoms with van der Waals surface area (Å²) >= 11 is 0. The highest BCUT2D eigenvalue weighted by Gasteiger charge is 2.28. The molecule has 0 N–H and O–H groups in total. The summed E-state index contributed by atoms with van der Waals surface area (Å²) in [6.07, 6.45) is 2.92. The highest BCUT2D eigenvalue weighted by atomic mass is 15.0. The predicted octanol–water partition coefficient (Wildman–Crippen LogP) is 6.98.